The van der Waals surface area contributed by atoms with Crippen molar-refractivity contribution in [2.24, 2.45) is 0 Å². The Labute approximate surface area is 110 Å². The minimum atomic E-state index is 0.638. The summed E-state index contributed by atoms with van der Waals surface area (Å²) >= 11 is 0. The molecule has 1 atom stereocenters. The average molecular weight is 235 g/mol. The molecule has 1 heterocycles. The van der Waals surface area contributed by atoms with Crippen molar-refractivity contribution in [3.63, 3.8) is 0 Å². The molecule has 0 N–H and O–H groups in total. The normalized spacial score (nSPS) is 19.4. The molecule has 0 aromatic heterocycles. The van der Waals surface area contributed by atoms with E-state index in [1.165, 1.54) is 16.7 Å². The van der Waals surface area contributed by atoms with E-state index in [9.17, 15) is 0 Å². The predicted octanol–water partition coefficient (Wildman–Crippen LogP) is 2.38. The largest absolute Gasteiger partial charge is 0.295 e. The molecule has 18 heavy (non-hydrogen) atoms. The van der Waals surface area contributed by atoms with E-state index in [0.29, 0.717) is 5.82 Å². The van der Waals surface area contributed by atoms with Crippen LogP contribution in [0, 0.1) is 0 Å². The molecule has 0 unspecified atom stereocenters. The van der Waals surface area contributed by atoms with Crippen LogP contribution in [-0.4, -0.2) is 19.3 Å². The van der Waals surface area contributed by atoms with Gasteiger partial charge in [0.05, 0.1) is 0 Å². The second-order valence-electron chi connectivity index (χ2n) is 5.26. The summed E-state index contributed by atoms with van der Waals surface area (Å²) in [6.45, 7) is 3.29. The van der Waals surface area contributed by atoms with Gasteiger partial charge in [-0.25, -0.2) is 0 Å². The van der Waals surface area contributed by atoms with Gasteiger partial charge in [0.1, 0.15) is 7.85 Å². The van der Waals surface area contributed by atoms with Crippen LogP contribution in [-0.2, 0) is 13.1 Å². The molecule has 0 bridgehead atoms. The third-order valence-corrected chi connectivity index (χ3v) is 3.76. The Balaban J connectivity index is 1.78. The molecule has 0 amide bonds. The van der Waals surface area contributed by atoms with E-state index in [1.54, 1.807) is 0 Å². The van der Waals surface area contributed by atoms with Crippen molar-refractivity contribution in [3.8, 4) is 0 Å². The monoisotopic (exact) mass is 235 g/mol. The number of hydrogen-bond donors (Lipinski definition) is 0. The first kappa shape index (κ1) is 11.5. The Morgan fingerprint density at radius 1 is 1.00 bits per heavy atom. The van der Waals surface area contributed by atoms with E-state index < -0.39 is 0 Å². The summed E-state index contributed by atoms with van der Waals surface area (Å²) in [6.07, 6.45) is 0. The first-order chi connectivity index (χ1) is 8.83. The van der Waals surface area contributed by atoms with Crippen molar-refractivity contribution in [2.45, 2.75) is 18.9 Å². The molecule has 1 aliphatic heterocycles. The van der Waals surface area contributed by atoms with Crippen molar-refractivity contribution >= 4 is 7.85 Å². The first-order valence-electron chi connectivity index (χ1n) is 6.67. The van der Waals surface area contributed by atoms with E-state index in [1.807, 2.05) is 0 Å². The SMILES string of the molecule is B[C@@H]1CN(Cc2ccccc2)Cc2ccccc21. The van der Waals surface area contributed by atoms with Crippen LogP contribution in [0.3, 0.4) is 0 Å². The molecule has 2 aromatic rings. The van der Waals surface area contributed by atoms with Gasteiger partial charge < -0.3 is 0 Å². The van der Waals surface area contributed by atoms with Gasteiger partial charge in [0.2, 0.25) is 0 Å². The second-order valence-corrected chi connectivity index (χ2v) is 5.26. The molecule has 0 spiro atoms. The van der Waals surface area contributed by atoms with E-state index in [4.69, 9.17) is 0 Å². The quantitative estimate of drug-likeness (QED) is 0.722. The fraction of sp³-hybridized carbons (Fsp3) is 0.250. The Morgan fingerprint density at radius 2 is 1.72 bits per heavy atom. The lowest BCUT2D eigenvalue weighted by Gasteiger charge is -2.33. The van der Waals surface area contributed by atoms with Gasteiger partial charge in [-0.15, -0.1) is 0 Å². The summed E-state index contributed by atoms with van der Waals surface area (Å²) in [5.41, 5.74) is 4.43. The fourth-order valence-corrected chi connectivity index (χ4v) is 2.91. The van der Waals surface area contributed by atoms with Crippen LogP contribution in [0.5, 0.6) is 0 Å². The molecule has 2 aromatic carbocycles. The molecule has 1 nitrogen and oxygen atoms in total. The third-order valence-electron chi connectivity index (χ3n) is 3.76. The Bertz CT molecular complexity index is 524. The highest BCUT2D eigenvalue weighted by Gasteiger charge is 2.21. The summed E-state index contributed by atoms with van der Waals surface area (Å²) in [5, 5.41) is 0. The van der Waals surface area contributed by atoms with Crippen LogP contribution < -0.4 is 0 Å². The number of fused-ring (bicyclic) bond motifs is 1. The van der Waals surface area contributed by atoms with Gasteiger partial charge in [-0.3, -0.25) is 4.90 Å². The molecule has 1 aliphatic rings. The van der Waals surface area contributed by atoms with Gasteiger partial charge in [-0.05, 0) is 29.1 Å². The standard InChI is InChI=1S/C16H18BN/c17-16-12-18(10-13-6-2-1-3-7-13)11-14-8-4-5-9-15(14)16/h1-9,16H,10-12,17H2/t16-/m1/s1. The molecule has 0 saturated heterocycles. The molecule has 0 radical (unpaired) electrons. The highest BCUT2D eigenvalue weighted by Crippen LogP contribution is 2.26. The van der Waals surface area contributed by atoms with Crippen LogP contribution in [0.2, 0.25) is 0 Å². The molecular weight excluding hydrogens is 217 g/mol. The summed E-state index contributed by atoms with van der Waals surface area (Å²) in [4.78, 5) is 2.54. The van der Waals surface area contributed by atoms with Crippen molar-refractivity contribution in [1.82, 2.24) is 4.90 Å². The van der Waals surface area contributed by atoms with Gasteiger partial charge in [0.15, 0.2) is 0 Å². The Morgan fingerprint density at radius 3 is 2.56 bits per heavy atom. The van der Waals surface area contributed by atoms with Crippen molar-refractivity contribution in [3.05, 3.63) is 71.3 Å². The number of hydrogen-bond acceptors (Lipinski definition) is 1. The maximum atomic E-state index is 2.54. The van der Waals surface area contributed by atoms with E-state index in [0.717, 1.165) is 19.6 Å². The summed E-state index contributed by atoms with van der Waals surface area (Å²) in [7, 11) is 2.33. The van der Waals surface area contributed by atoms with E-state index in [2.05, 4.69) is 67.3 Å². The molecule has 3 rings (SSSR count). The van der Waals surface area contributed by atoms with Crippen LogP contribution in [0.25, 0.3) is 0 Å². The zero-order chi connectivity index (χ0) is 12.4. The number of nitrogens with zero attached hydrogens (tertiary/aromatic N) is 1. The lowest BCUT2D eigenvalue weighted by Crippen LogP contribution is -2.33. The topological polar surface area (TPSA) is 3.24 Å². The predicted molar refractivity (Wildman–Crippen MR) is 78.3 cm³/mol. The average Bonchev–Trinajstić information content (AvgIpc) is 2.40. The summed E-state index contributed by atoms with van der Waals surface area (Å²) in [5.74, 6) is 0.638. The lowest BCUT2D eigenvalue weighted by atomic mass is 9.76. The number of rotatable bonds is 2. The van der Waals surface area contributed by atoms with Gasteiger partial charge in [-0.2, -0.15) is 0 Å². The van der Waals surface area contributed by atoms with Gasteiger partial charge in [-0.1, -0.05) is 54.6 Å². The van der Waals surface area contributed by atoms with Crippen molar-refractivity contribution < 1.29 is 0 Å². The molecule has 0 aliphatic carbocycles. The summed E-state index contributed by atoms with van der Waals surface area (Å²) < 4.78 is 0. The third kappa shape index (κ3) is 2.34. The molecule has 0 fully saturated rings. The van der Waals surface area contributed by atoms with Crippen LogP contribution in [0.15, 0.2) is 54.6 Å². The zero-order valence-corrected chi connectivity index (χ0v) is 10.8. The first-order valence-corrected chi connectivity index (χ1v) is 6.67. The minimum Gasteiger partial charge on any atom is -0.295 e. The smallest absolute Gasteiger partial charge is 0.112 e. The fourth-order valence-electron chi connectivity index (χ4n) is 2.91. The Hall–Kier alpha value is -1.54. The Kier molecular flexibility index (Phi) is 3.20. The van der Waals surface area contributed by atoms with Gasteiger partial charge in [0.25, 0.3) is 0 Å². The molecule has 0 saturated carbocycles. The van der Waals surface area contributed by atoms with Gasteiger partial charge in [0, 0.05) is 13.1 Å². The van der Waals surface area contributed by atoms with Crippen molar-refractivity contribution in [2.75, 3.05) is 6.54 Å². The minimum absolute atomic E-state index is 0.638. The van der Waals surface area contributed by atoms with Crippen LogP contribution in [0.4, 0.5) is 0 Å². The molecular formula is C16H18BN. The highest BCUT2D eigenvalue weighted by atomic mass is 15.1. The maximum absolute atomic E-state index is 2.54. The highest BCUT2D eigenvalue weighted by molar-refractivity contribution is 6.12. The molecule has 2 heteroatoms. The van der Waals surface area contributed by atoms with Gasteiger partial charge >= 0.3 is 0 Å². The summed E-state index contributed by atoms with van der Waals surface area (Å²) in [6, 6.07) is 19.6. The lowest BCUT2D eigenvalue weighted by molar-refractivity contribution is 0.241. The van der Waals surface area contributed by atoms with Crippen LogP contribution in [0.1, 0.15) is 22.5 Å². The van der Waals surface area contributed by atoms with Crippen LogP contribution >= 0.6 is 0 Å². The van der Waals surface area contributed by atoms with Crippen molar-refractivity contribution in [1.29, 1.82) is 0 Å². The number of benzene rings is 2. The van der Waals surface area contributed by atoms with E-state index in [-0.39, 0.29) is 0 Å². The molecule has 90 valence electrons. The second kappa shape index (κ2) is 4.99. The van der Waals surface area contributed by atoms with E-state index >= 15 is 0 Å². The maximum Gasteiger partial charge on any atom is 0.112 e. The zero-order valence-electron chi connectivity index (χ0n) is 10.8.